The summed E-state index contributed by atoms with van der Waals surface area (Å²) in [6.45, 7) is 2.32. The molecule has 8 nitrogen and oxygen atoms in total. The van der Waals surface area contributed by atoms with Crippen LogP contribution in [0.25, 0.3) is 0 Å². The quantitative estimate of drug-likeness (QED) is 0.437. The molecule has 0 bridgehead atoms. The first-order valence-corrected chi connectivity index (χ1v) is 11.3. The third-order valence-electron chi connectivity index (χ3n) is 5.01. The zero-order valence-electron chi connectivity index (χ0n) is 18.5. The Bertz CT molecular complexity index is 1140. The lowest BCUT2D eigenvalue weighted by Crippen LogP contribution is -2.44. The topological polar surface area (TPSA) is 118 Å². The van der Waals surface area contributed by atoms with Crippen LogP contribution in [0.1, 0.15) is 18.4 Å². The van der Waals surface area contributed by atoms with Crippen LogP contribution >= 0.6 is 11.8 Å². The van der Waals surface area contributed by atoms with Crippen molar-refractivity contribution in [3.63, 3.8) is 0 Å². The highest BCUT2D eigenvalue weighted by atomic mass is 32.2. The number of nitriles is 1. The molecule has 10 heteroatoms. The molecule has 0 unspecified atom stereocenters. The van der Waals surface area contributed by atoms with Crippen LogP contribution in [0.5, 0.6) is 5.75 Å². The van der Waals surface area contributed by atoms with Crippen molar-refractivity contribution in [1.82, 2.24) is 5.32 Å². The van der Waals surface area contributed by atoms with Crippen molar-refractivity contribution in [3.05, 3.63) is 70.5 Å². The Morgan fingerprint density at radius 2 is 1.85 bits per heavy atom. The second-order valence-electron chi connectivity index (χ2n) is 7.17. The summed E-state index contributed by atoms with van der Waals surface area (Å²) in [4.78, 5) is 37.7. The summed E-state index contributed by atoms with van der Waals surface area (Å²) in [6.07, 6.45) is 0. The first kappa shape index (κ1) is 24.8. The van der Waals surface area contributed by atoms with E-state index in [1.807, 2.05) is 6.92 Å². The van der Waals surface area contributed by atoms with E-state index in [0.717, 1.165) is 11.8 Å². The molecule has 2 aromatic rings. The summed E-state index contributed by atoms with van der Waals surface area (Å²) in [5.41, 5.74) is 1.10. The predicted molar refractivity (Wildman–Crippen MR) is 124 cm³/mol. The van der Waals surface area contributed by atoms with Gasteiger partial charge in [0.2, 0.25) is 11.8 Å². The Morgan fingerprint density at radius 3 is 2.44 bits per heavy atom. The maximum Gasteiger partial charge on any atom is 0.319 e. The van der Waals surface area contributed by atoms with Gasteiger partial charge in [0.15, 0.2) is 0 Å². The van der Waals surface area contributed by atoms with Gasteiger partial charge in [-0.15, -0.1) is 0 Å². The number of nitrogens with zero attached hydrogens (tertiary/aromatic N) is 1. The van der Waals surface area contributed by atoms with E-state index in [0.29, 0.717) is 23.6 Å². The molecule has 34 heavy (non-hydrogen) atoms. The van der Waals surface area contributed by atoms with Gasteiger partial charge in [-0.05, 0) is 48.9 Å². The van der Waals surface area contributed by atoms with E-state index in [2.05, 4.69) is 16.7 Å². The number of halogens is 1. The Hall–Kier alpha value is -3.84. The number of thioether (sulfide) groups is 1. The van der Waals surface area contributed by atoms with E-state index in [-0.39, 0.29) is 16.4 Å². The van der Waals surface area contributed by atoms with E-state index >= 15 is 0 Å². The molecule has 2 aromatic carbocycles. The fourth-order valence-electron chi connectivity index (χ4n) is 3.49. The van der Waals surface area contributed by atoms with Crippen molar-refractivity contribution >= 4 is 35.2 Å². The summed E-state index contributed by atoms with van der Waals surface area (Å²) in [7, 11) is 1.17. The molecule has 2 atom stereocenters. The smallest absolute Gasteiger partial charge is 0.319 e. The highest BCUT2D eigenvalue weighted by Crippen LogP contribution is 2.40. The van der Waals surface area contributed by atoms with Crippen LogP contribution in [-0.4, -0.2) is 37.3 Å². The van der Waals surface area contributed by atoms with Gasteiger partial charge in [0.1, 0.15) is 17.5 Å². The molecule has 0 radical (unpaired) electrons. The van der Waals surface area contributed by atoms with Gasteiger partial charge < -0.3 is 20.1 Å². The zero-order chi connectivity index (χ0) is 24.7. The SMILES string of the molecule is CCOc1ccc([C@H]2C(C#N)=C(SCC(=O)Nc3ccc(F)cc3)NC(=O)[C@@H]2C(=O)OC)cc1. The summed E-state index contributed by atoms with van der Waals surface area (Å²) in [5.74, 6) is -3.94. The lowest BCUT2D eigenvalue weighted by Gasteiger charge is -2.31. The number of amides is 2. The van der Waals surface area contributed by atoms with E-state index in [1.54, 1.807) is 24.3 Å². The largest absolute Gasteiger partial charge is 0.494 e. The van der Waals surface area contributed by atoms with Gasteiger partial charge in [-0.2, -0.15) is 5.26 Å². The Labute approximate surface area is 200 Å². The van der Waals surface area contributed by atoms with Crippen LogP contribution in [-0.2, 0) is 19.1 Å². The number of allylic oxidation sites excluding steroid dienone is 1. The normalized spacial score (nSPS) is 17.4. The number of anilines is 1. The van der Waals surface area contributed by atoms with Gasteiger partial charge in [-0.3, -0.25) is 14.4 Å². The van der Waals surface area contributed by atoms with E-state index in [4.69, 9.17) is 9.47 Å². The molecular weight excluding hydrogens is 461 g/mol. The van der Waals surface area contributed by atoms with Gasteiger partial charge >= 0.3 is 5.97 Å². The van der Waals surface area contributed by atoms with Crippen molar-refractivity contribution in [1.29, 1.82) is 5.26 Å². The van der Waals surface area contributed by atoms with Crippen LogP contribution < -0.4 is 15.4 Å². The number of carbonyl (C=O) groups is 3. The van der Waals surface area contributed by atoms with E-state index in [9.17, 15) is 24.0 Å². The molecule has 3 rings (SSSR count). The molecule has 2 N–H and O–H groups in total. The summed E-state index contributed by atoms with van der Waals surface area (Å²) < 4.78 is 23.3. The van der Waals surface area contributed by atoms with E-state index in [1.165, 1.54) is 31.4 Å². The number of benzene rings is 2. The lowest BCUT2D eigenvalue weighted by atomic mass is 9.78. The minimum absolute atomic E-state index is 0.128. The maximum atomic E-state index is 13.1. The van der Waals surface area contributed by atoms with Crippen LogP contribution in [0, 0.1) is 23.1 Å². The van der Waals surface area contributed by atoms with Crippen molar-refractivity contribution in [2.24, 2.45) is 5.92 Å². The summed E-state index contributed by atoms with van der Waals surface area (Å²) in [6, 6.07) is 14.1. The fraction of sp³-hybridized carbons (Fsp3) is 0.250. The molecule has 176 valence electrons. The van der Waals surface area contributed by atoms with Crippen molar-refractivity contribution in [3.8, 4) is 11.8 Å². The van der Waals surface area contributed by atoms with Gasteiger partial charge in [0.05, 0.1) is 36.1 Å². The highest BCUT2D eigenvalue weighted by molar-refractivity contribution is 8.03. The third-order valence-corrected chi connectivity index (χ3v) is 6.03. The van der Waals surface area contributed by atoms with Gasteiger partial charge in [-0.1, -0.05) is 23.9 Å². The molecule has 0 saturated heterocycles. The summed E-state index contributed by atoms with van der Waals surface area (Å²) >= 11 is 0.958. The molecule has 1 heterocycles. The zero-order valence-corrected chi connectivity index (χ0v) is 19.3. The van der Waals surface area contributed by atoms with Crippen LogP contribution in [0.2, 0.25) is 0 Å². The van der Waals surface area contributed by atoms with Gasteiger partial charge in [0.25, 0.3) is 0 Å². The second kappa shape index (κ2) is 11.3. The third kappa shape index (κ3) is 5.74. The van der Waals surface area contributed by atoms with Gasteiger partial charge in [0, 0.05) is 11.6 Å². The Morgan fingerprint density at radius 1 is 1.18 bits per heavy atom. The second-order valence-corrected chi connectivity index (χ2v) is 8.15. The number of rotatable bonds is 8. The van der Waals surface area contributed by atoms with E-state index < -0.39 is 35.4 Å². The first-order valence-electron chi connectivity index (χ1n) is 10.3. The first-order chi connectivity index (χ1) is 16.4. The van der Waals surface area contributed by atoms with Crippen molar-refractivity contribution in [2.45, 2.75) is 12.8 Å². The number of carbonyl (C=O) groups excluding carboxylic acids is 3. The number of methoxy groups -OCH3 is 1. The monoisotopic (exact) mass is 483 g/mol. The average molecular weight is 484 g/mol. The van der Waals surface area contributed by atoms with Crippen LogP contribution in [0.3, 0.4) is 0 Å². The highest BCUT2D eigenvalue weighted by Gasteiger charge is 2.44. The molecule has 1 aliphatic rings. The number of ether oxygens (including phenoxy) is 2. The molecule has 0 fully saturated rings. The Balaban J connectivity index is 1.88. The number of hydrogen-bond acceptors (Lipinski definition) is 7. The fourth-order valence-corrected chi connectivity index (χ4v) is 4.33. The molecule has 0 saturated carbocycles. The Kier molecular flexibility index (Phi) is 8.27. The van der Waals surface area contributed by atoms with Crippen LogP contribution in [0.15, 0.2) is 59.1 Å². The molecule has 0 aliphatic carbocycles. The average Bonchev–Trinajstić information content (AvgIpc) is 2.84. The lowest BCUT2D eigenvalue weighted by molar-refractivity contribution is -0.150. The number of hydrogen-bond donors (Lipinski definition) is 2. The number of esters is 1. The maximum absolute atomic E-state index is 13.1. The number of nitrogens with one attached hydrogen (secondary N) is 2. The van der Waals surface area contributed by atoms with Crippen molar-refractivity contribution < 1.29 is 28.2 Å². The molecule has 1 aliphatic heterocycles. The minimum atomic E-state index is -1.27. The minimum Gasteiger partial charge on any atom is -0.494 e. The van der Waals surface area contributed by atoms with Gasteiger partial charge in [-0.25, -0.2) is 4.39 Å². The molecule has 0 spiro atoms. The molecule has 2 amide bonds. The molecular formula is C24H22FN3O5S. The standard InChI is InChI=1S/C24H22FN3O5S/c1-3-33-17-10-4-14(5-11-17)20-18(12-26)23(28-22(30)21(20)24(31)32-2)34-13-19(29)27-16-8-6-15(25)7-9-16/h4-11,20-21H,3,13H2,1-2H3,(H,27,29)(H,28,30)/t20-,21+/m0/s1. The summed E-state index contributed by atoms with van der Waals surface area (Å²) in [5, 5.41) is 15.3. The van der Waals surface area contributed by atoms with Crippen LogP contribution in [0.4, 0.5) is 10.1 Å². The predicted octanol–water partition coefficient (Wildman–Crippen LogP) is 3.33. The van der Waals surface area contributed by atoms with Crippen molar-refractivity contribution in [2.75, 3.05) is 24.8 Å². The molecule has 0 aromatic heterocycles.